The van der Waals surface area contributed by atoms with Crippen molar-refractivity contribution >= 4 is 15.9 Å². The van der Waals surface area contributed by atoms with Gasteiger partial charge in [-0.15, -0.1) is 0 Å². The van der Waals surface area contributed by atoms with Crippen LogP contribution in [-0.4, -0.2) is 6.54 Å². The van der Waals surface area contributed by atoms with Crippen molar-refractivity contribution < 1.29 is 0 Å². The molecule has 0 radical (unpaired) electrons. The van der Waals surface area contributed by atoms with Crippen molar-refractivity contribution in [2.24, 2.45) is 5.41 Å². The fourth-order valence-electron chi connectivity index (χ4n) is 1.60. The van der Waals surface area contributed by atoms with Crippen molar-refractivity contribution in [3.05, 3.63) is 34.3 Å². The number of halogens is 1. The first kappa shape index (κ1) is 13.7. The number of nitrogens with one attached hydrogen (secondary N) is 1. The summed E-state index contributed by atoms with van der Waals surface area (Å²) in [6, 6.07) is 8.80. The Kier molecular flexibility index (Phi) is 5.00. The van der Waals surface area contributed by atoms with Crippen molar-refractivity contribution in [1.29, 1.82) is 0 Å². The lowest BCUT2D eigenvalue weighted by Crippen LogP contribution is -2.23. The van der Waals surface area contributed by atoms with E-state index < -0.39 is 0 Å². The highest BCUT2D eigenvalue weighted by atomic mass is 79.9. The van der Waals surface area contributed by atoms with Gasteiger partial charge in [0.2, 0.25) is 0 Å². The van der Waals surface area contributed by atoms with Gasteiger partial charge in [0.05, 0.1) is 0 Å². The van der Waals surface area contributed by atoms with E-state index in [9.17, 15) is 0 Å². The van der Waals surface area contributed by atoms with Gasteiger partial charge in [0.25, 0.3) is 0 Å². The van der Waals surface area contributed by atoms with E-state index in [4.69, 9.17) is 0 Å². The van der Waals surface area contributed by atoms with Gasteiger partial charge in [-0.25, -0.2) is 0 Å². The zero-order chi connectivity index (χ0) is 12.2. The molecule has 1 aromatic rings. The Morgan fingerprint density at radius 3 is 2.44 bits per heavy atom. The van der Waals surface area contributed by atoms with Crippen molar-refractivity contribution in [3.8, 4) is 0 Å². The number of benzene rings is 1. The second-order valence-corrected chi connectivity index (χ2v) is 6.36. The Bertz CT molecular complexity index is 328. The summed E-state index contributed by atoms with van der Waals surface area (Å²) in [6.07, 6.45) is 1.20. The maximum Gasteiger partial charge on any atom is 0.0302 e. The molecule has 0 aliphatic heterocycles. The van der Waals surface area contributed by atoms with Gasteiger partial charge < -0.3 is 5.32 Å². The molecule has 0 amide bonds. The molecule has 1 unspecified atom stereocenters. The predicted octanol–water partition coefficient (Wildman–Crippen LogP) is 4.54. The fraction of sp³-hybridized carbons (Fsp3) is 0.571. The average molecular weight is 284 g/mol. The lowest BCUT2D eigenvalue weighted by atomic mass is 9.92. The standard InChI is InChI=1S/C14H22BrN/c1-11(16-10-9-14(2,3)4)12-7-5-6-8-13(12)15/h5-8,11,16H,9-10H2,1-4H3. The molecule has 90 valence electrons. The van der Waals surface area contributed by atoms with Crippen LogP contribution in [0.3, 0.4) is 0 Å². The third-order valence-corrected chi connectivity index (χ3v) is 3.42. The van der Waals surface area contributed by atoms with Crippen LogP contribution < -0.4 is 5.32 Å². The van der Waals surface area contributed by atoms with Crippen LogP contribution >= 0.6 is 15.9 Å². The summed E-state index contributed by atoms with van der Waals surface area (Å²) in [7, 11) is 0. The van der Waals surface area contributed by atoms with E-state index in [2.05, 4.69) is 73.2 Å². The molecule has 0 bridgehead atoms. The largest absolute Gasteiger partial charge is 0.310 e. The van der Waals surface area contributed by atoms with Crippen molar-refractivity contribution in [3.63, 3.8) is 0 Å². The van der Waals surface area contributed by atoms with Crippen molar-refractivity contribution in [2.75, 3.05) is 6.54 Å². The Balaban J connectivity index is 2.47. The van der Waals surface area contributed by atoms with Crippen LogP contribution in [0.5, 0.6) is 0 Å². The van der Waals surface area contributed by atoms with Crippen LogP contribution in [0.25, 0.3) is 0 Å². The van der Waals surface area contributed by atoms with E-state index in [-0.39, 0.29) is 0 Å². The predicted molar refractivity (Wildman–Crippen MR) is 74.6 cm³/mol. The van der Waals surface area contributed by atoms with Crippen LogP contribution in [0.1, 0.15) is 45.7 Å². The molecule has 2 heteroatoms. The average Bonchev–Trinajstić information content (AvgIpc) is 2.16. The number of rotatable bonds is 4. The summed E-state index contributed by atoms with van der Waals surface area (Å²) in [5, 5.41) is 3.57. The first-order valence-corrected chi connectivity index (χ1v) is 6.67. The van der Waals surface area contributed by atoms with Crippen LogP contribution in [0, 0.1) is 5.41 Å². The lowest BCUT2D eigenvalue weighted by molar-refractivity contribution is 0.358. The van der Waals surface area contributed by atoms with Gasteiger partial charge in [-0.1, -0.05) is 54.9 Å². The summed E-state index contributed by atoms with van der Waals surface area (Å²) in [5.41, 5.74) is 1.73. The molecule has 0 saturated heterocycles. The summed E-state index contributed by atoms with van der Waals surface area (Å²) in [4.78, 5) is 0. The summed E-state index contributed by atoms with van der Waals surface area (Å²) < 4.78 is 1.19. The van der Waals surface area contributed by atoms with E-state index in [0.29, 0.717) is 11.5 Å². The van der Waals surface area contributed by atoms with Crippen LogP contribution in [0.4, 0.5) is 0 Å². The van der Waals surface area contributed by atoms with E-state index in [0.717, 1.165) is 6.54 Å². The van der Waals surface area contributed by atoms with Gasteiger partial charge in [0.15, 0.2) is 0 Å². The number of hydrogen-bond donors (Lipinski definition) is 1. The van der Waals surface area contributed by atoms with Gasteiger partial charge in [-0.05, 0) is 36.9 Å². The Morgan fingerprint density at radius 2 is 1.88 bits per heavy atom. The van der Waals surface area contributed by atoms with E-state index in [1.165, 1.54) is 16.5 Å². The molecule has 1 atom stereocenters. The highest BCUT2D eigenvalue weighted by molar-refractivity contribution is 9.10. The quantitative estimate of drug-likeness (QED) is 0.856. The van der Waals surface area contributed by atoms with Crippen molar-refractivity contribution in [1.82, 2.24) is 5.32 Å². The van der Waals surface area contributed by atoms with Crippen LogP contribution in [0.15, 0.2) is 28.7 Å². The van der Waals surface area contributed by atoms with Crippen LogP contribution in [-0.2, 0) is 0 Å². The molecule has 1 rings (SSSR count). The highest BCUT2D eigenvalue weighted by Crippen LogP contribution is 2.23. The smallest absolute Gasteiger partial charge is 0.0302 e. The summed E-state index contributed by atoms with van der Waals surface area (Å²) in [5.74, 6) is 0. The van der Waals surface area contributed by atoms with Gasteiger partial charge in [-0.3, -0.25) is 0 Å². The van der Waals surface area contributed by atoms with Crippen molar-refractivity contribution in [2.45, 2.75) is 40.2 Å². The van der Waals surface area contributed by atoms with E-state index in [1.54, 1.807) is 0 Å². The molecule has 0 aromatic heterocycles. The zero-order valence-electron chi connectivity index (χ0n) is 10.7. The molecule has 1 aromatic carbocycles. The van der Waals surface area contributed by atoms with Gasteiger partial charge in [0, 0.05) is 10.5 Å². The second kappa shape index (κ2) is 5.83. The molecular formula is C14H22BrN. The maximum absolute atomic E-state index is 3.59. The SMILES string of the molecule is CC(NCCC(C)(C)C)c1ccccc1Br. The number of hydrogen-bond acceptors (Lipinski definition) is 1. The van der Waals surface area contributed by atoms with Gasteiger partial charge in [0.1, 0.15) is 0 Å². The Labute approximate surface area is 108 Å². The molecule has 0 saturated carbocycles. The molecule has 0 heterocycles. The Morgan fingerprint density at radius 1 is 1.25 bits per heavy atom. The van der Waals surface area contributed by atoms with Crippen LogP contribution in [0.2, 0.25) is 0 Å². The minimum absolute atomic E-state index is 0.401. The minimum atomic E-state index is 0.401. The lowest BCUT2D eigenvalue weighted by Gasteiger charge is -2.21. The fourth-order valence-corrected chi connectivity index (χ4v) is 2.23. The maximum atomic E-state index is 3.59. The topological polar surface area (TPSA) is 12.0 Å². The van der Waals surface area contributed by atoms with Gasteiger partial charge >= 0.3 is 0 Å². The molecule has 0 aliphatic rings. The molecule has 1 N–H and O–H groups in total. The minimum Gasteiger partial charge on any atom is -0.310 e. The Hall–Kier alpha value is -0.340. The second-order valence-electron chi connectivity index (χ2n) is 5.51. The monoisotopic (exact) mass is 283 g/mol. The molecule has 0 fully saturated rings. The summed E-state index contributed by atoms with van der Waals surface area (Å²) in [6.45, 7) is 10.1. The normalized spacial score (nSPS) is 13.8. The van der Waals surface area contributed by atoms with Gasteiger partial charge in [-0.2, -0.15) is 0 Å². The first-order chi connectivity index (χ1) is 7.40. The molecule has 16 heavy (non-hydrogen) atoms. The molecule has 1 nitrogen and oxygen atoms in total. The summed E-state index contributed by atoms with van der Waals surface area (Å²) >= 11 is 3.59. The third-order valence-electron chi connectivity index (χ3n) is 2.70. The van der Waals surface area contributed by atoms with E-state index >= 15 is 0 Å². The first-order valence-electron chi connectivity index (χ1n) is 5.88. The van der Waals surface area contributed by atoms with E-state index in [1.807, 2.05) is 0 Å². The highest BCUT2D eigenvalue weighted by Gasteiger charge is 2.12. The molecule has 0 spiro atoms. The zero-order valence-corrected chi connectivity index (χ0v) is 12.3. The third kappa shape index (κ3) is 4.67. The molecule has 0 aliphatic carbocycles. The molecular weight excluding hydrogens is 262 g/mol.